The van der Waals surface area contributed by atoms with Gasteiger partial charge in [0.15, 0.2) is 0 Å². The molecule has 0 aliphatic carbocycles. The van der Waals surface area contributed by atoms with E-state index >= 15 is 0 Å². The van der Waals surface area contributed by atoms with Crippen molar-refractivity contribution in [3.05, 3.63) is 63.7 Å². The molecule has 26 heavy (non-hydrogen) atoms. The van der Waals surface area contributed by atoms with Gasteiger partial charge in [0.25, 0.3) is 5.69 Å². The Morgan fingerprint density at radius 1 is 1.19 bits per heavy atom. The standard InChI is InChI=1S/C17H16N4O5/c1-2-12-5-3-4-6-13(12)19-16(23)17(24)20-18-10-11-7-8-15(22)14(9-11)21(25)26/h3-10,22H,2H2,1H3,(H,19,23)(H,20,24)/p-1/b18-10-. The largest absolute Gasteiger partial charge is 0.868 e. The summed E-state index contributed by atoms with van der Waals surface area (Å²) in [7, 11) is 0. The van der Waals surface area contributed by atoms with Gasteiger partial charge in [-0.3, -0.25) is 19.7 Å². The van der Waals surface area contributed by atoms with E-state index in [4.69, 9.17) is 0 Å². The van der Waals surface area contributed by atoms with Crippen LogP contribution in [0.1, 0.15) is 18.1 Å². The van der Waals surface area contributed by atoms with Crippen LogP contribution in [0.5, 0.6) is 5.75 Å². The molecular formula is C17H15N4O5-. The molecule has 0 unspecified atom stereocenters. The number of nitrogens with one attached hydrogen (secondary N) is 2. The van der Waals surface area contributed by atoms with Gasteiger partial charge in [0.05, 0.1) is 11.1 Å². The molecular weight excluding hydrogens is 340 g/mol. The highest BCUT2D eigenvalue weighted by Gasteiger charge is 2.14. The smallest absolute Gasteiger partial charge is 0.329 e. The van der Waals surface area contributed by atoms with E-state index in [0.717, 1.165) is 23.9 Å². The normalized spacial score (nSPS) is 10.5. The van der Waals surface area contributed by atoms with Crippen molar-refractivity contribution in [2.24, 2.45) is 5.10 Å². The van der Waals surface area contributed by atoms with Crippen LogP contribution in [0.3, 0.4) is 0 Å². The van der Waals surface area contributed by atoms with E-state index in [1.54, 1.807) is 12.1 Å². The molecule has 0 spiro atoms. The maximum absolute atomic E-state index is 11.9. The summed E-state index contributed by atoms with van der Waals surface area (Å²) in [6.07, 6.45) is 1.78. The molecule has 134 valence electrons. The fraction of sp³-hybridized carbons (Fsp3) is 0.118. The molecule has 0 radical (unpaired) electrons. The molecule has 2 N–H and O–H groups in total. The second kappa shape index (κ2) is 8.38. The highest BCUT2D eigenvalue weighted by atomic mass is 16.6. The van der Waals surface area contributed by atoms with Crippen molar-refractivity contribution in [2.75, 3.05) is 5.32 Å². The number of aryl methyl sites for hydroxylation is 1. The van der Waals surface area contributed by atoms with Crippen LogP contribution < -0.4 is 15.8 Å². The summed E-state index contributed by atoms with van der Waals surface area (Å²) in [6.45, 7) is 1.92. The first-order chi connectivity index (χ1) is 12.4. The zero-order chi connectivity index (χ0) is 19.1. The van der Waals surface area contributed by atoms with Gasteiger partial charge in [-0.15, -0.1) is 0 Å². The number of nitro groups is 1. The van der Waals surface area contributed by atoms with E-state index in [1.807, 2.05) is 24.5 Å². The quantitative estimate of drug-likeness (QED) is 0.361. The Morgan fingerprint density at radius 2 is 1.92 bits per heavy atom. The summed E-state index contributed by atoms with van der Waals surface area (Å²) in [5.74, 6) is -2.63. The third kappa shape index (κ3) is 4.63. The lowest BCUT2D eigenvalue weighted by atomic mass is 10.1. The SMILES string of the molecule is CCc1ccccc1NC(=O)C(=O)N/N=C\c1ccc([O-])c([N+](=O)[O-])c1. The molecule has 0 heterocycles. The second-order valence-electron chi connectivity index (χ2n) is 5.15. The molecule has 0 saturated heterocycles. The lowest BCUT2D eigenvalue weighted by Gasteiger charge is -2.08. The molecule has 2 amide bonds. The highest BCUT2D eigenvalue weighted by molar-refractivity contribution is 6.39. The summed E-state index contributed by atoms with van der Waals surface area (Å²) in [5.41, 5.74) is 3.06. The van der Waals surface area contributed by atoms with Crippen LogP contribution in [0.25, 0.3) is 0 Å². The van der Waals surface area contributed by atoms with E-state index < -0.39 is 28.2 Å². The summed E-state index contributed by atoms with van der Waals surface area (Å²) in [4.78, 5) is 33.6. The minimum absolute atomic E-state index is 0.230. The Bertz CT molecular complexity index is 879. The average Bonchev–Trinajstić information content (AvgIpc) is 2.63. The van der Waals surface area contributed by atoms with Gasteiger partial charge in [-0.05, 0) is 23.8 Å². The lowest BCUT2D eigenvalue weighted by molar-refractivity contribution is -0.398. The van der Waals surface area contributed by atoms with Gasteiger partial charge in [0.1, 0.15) is 0 Å². The first kappa shape index (κ1) is 18.6. The molecule has 0 saturated carbocycles. The Hall–Kier alpha value is -3.75. The fourth-order valence-corrected chi connectivity index (χ4v) is 2.10. The third-order valence-corrected chi connectivity index (χ3v) is 3.41. The van der Waals surface area contributed by atoms with Gasteiger partial charge in [-0.2, -0.15) is 5.10 Å². The number of benzene rings is 2. The molecule has 0 aliphatic rings. The van der Waals surface area contributed by atoms with Crippen LogP contribution in [0.4, 0.5) is 11.4 Å². The molecule has 9 nitrogen and oxygen atoms in total. The van der Waals surface area contributed by atoms with Crippen molar-refractivity contribution in [3.8, 4) is 5.75 Å². The topological polar surface area (TPSA) is 137 Å². The van der Waals surface area contributed by atoms with Crippen molar-refractivity contribution in [3.63, 3.8) is 0 Å². The number of hydrazone groups is 1. The molecule has 0 bridgehead atoms. The minimum Gasteiger partial charge on any atom is -0.868 e. The summed E-state index contributed by atoms with van der Waals surface area (Å²) in [5, 5.41) is 28.1. The number of carbonyl (C=O) groups excluding carboxylic acids is 2. The van der Waals surface area contributed by atoms with E-state index in [9.17, 15) is 24.8 Å². The van der Waals surface area contributed by atoms with Crippen LogP contribution in [0, 0.1) is 10.1 Å². The molecule has 0 aliphatic heterocycles. The zero-order valence-electron chi connectivity index (χ0n) is 13.8. The lowest BCUT2D eigenvalue weighted by Crippen LogP contribution is -2.32. The first-order valence-corrected chi connectivity index (χ1v) is 7.60. The zero-order valence-corrected chi connectivity index (χ0v) is 13.8. The second-order valence-corrected chi connectivity index (χ2v) is 5.15. The number of para-hydroxylation sites is 1. The van der Waals surface area contributed by atoms with Crippen molar-refractivity contribution >= 4 is 29.4 Å². The Kier molecular flexibility index (Phi) is 5.99. The maximum Gasteiger partial charge on any atom is 0.329 e. The minimum atomic E-state index is -0.998. The van der Waals surface area contributed by atoms with Gasteiger partial charge in [-0.25, -0.2) is 5.43 Å². The van der Waals surface area contributed by atoms with Crippen molar-refractivity contribution in [2.45, 2.75) is 13.3 Å². The number of rotatable bonds is 5. The van der Waals surface area contributed by atoms with E-state index in [1.165, 1.54) is 6.07 Å². The molecule has 9 heteroatoms. The maximum atomic E-state index is 11.9. The Morgan fingerprint density at radius 3 is 2.62 bits per heavy atom. The Balaban J connectivity index is 1.99. The van der Waals surface area contributed by atoms with Gasteiger partial charge in [-0.1, -0.05) is 37.3 Å². The number of amides is 2. The van der Waals surface area contributed by atoms with Gasteiger partial charge >= 0.3 is 11.8 Å². The Labute approximate surface area is 148 Å². The number of nitrogens with zero attached hydrogens (tertiary/aromatic N) is 2. The van der Waals surface area contributed by atoms with Gasteiger partial charge in [0, 0.05) is 17.3 Å². The van der Waals surface area contributed by atoms with Crippen LogP contribution in [0.2, 0.25) is 0 Å². The van der Waals surface area contributed by atoms with Crippen LogP contribution in [-0.4, -0.2) is 23.0 Å². The van der Waals surface area contributed by atoms with Crippen molar-refractivity contribution in [1.29, 1.82) is 0 Å². The molecule has 0 atom stereocenters. The predicted molar refractivity (Wildman–Crippen MR) is 92.7 cm³/mol. The molecule has 0 aromatic heterocycles. The number of anilines is 1. The molecule has 2 aromatic carbocycles. The van der Waals surface area contributed by atoms with E-state index in [2.05, 4.69) is 10.4 Å². The monoisotopic (exact) mass is 355 g/mol. The van der Waals surface area contributed by atoms with Crippen molar-refractivity contribution < 1.29 is 19.6 Å². The molecule has 0 fully saturated rings. The number of hydrogen-bond acceptors (Lipinski definition) is 6. The van der Waals surface area contributed by atoms with Crippen LogP contribution in [0.15, 0.2) is 47.6 Å². The number of carbonyl (C=O) groups is 2. The highest BCUT2D eigenvalue weighted by Crippen LogP contribution is 2.22. The molecule has 2 aromatic rings. The summed E-state index contributed by atoms with van der Waals surface area (Å²) in [6, 6.07) is 10.4. The van der Waals surface area contributed by atoms with E-state index in [-0.39, 0.29) is 5.56 Å². The van der Waals surface area contributed by atoms with Gasteiger partial charge < -0.3 is 10.4 Å². The predicted octanol–water partition coefficient (Wildman–Crippen LogP) is 1.32. The molecule has 2 rings (SSSR count). The van der Waals surface area contributed by atoms with Crippen LogP contribution >= 0.6 is 0 Å². The average molecular weight is 355 g/mol. The third-order valence-electron chi connectivity index (χ3n) is 3.41. The van der Waals surface area contributed by atoms with Crippen molar-refractivity contribution in [1.82, 2.24) is 5.43 Å². The summed E-state index contributed by atoms with van der Waals surface area (Å²) >= 11 is 0. The number of hydrogen-bond donors (Lipinski definition) is 2. The first-order valence-electron chi connectivity index (χ1n) is 7.60. The van der Waals surface area contributed by atoms with Gasteiger partial charge in [0.2, 0.25) is 0 Å². The number of nitro benzene ring substituents is 1. The fourth-order valence-electron chi connectivity index (χ4n) is 2.10. The van der Waals surface area contributed by atoms with E-state index in [0.29, 0.717) is 12.1 Å². The van der Waals surface area contributed by atoms with Crippen LogP contribution in [-0.2, 0) is 16.0 Å². The summed E-state index contributed by atoms with van der Waals surface area (Å²) < 4.78 is 0.